The first-order valence-corrected chi connectivity index (χ1v) is 16.0. The topological polar surface area (TPSA) is 151 Å². The molecule has 9 nitrogen and oxygen atoms in total. The molecule has 0 unspecified atom stereocenters. The molecule has 2 atom stereocenters. The molecule has 0 fully saturated rings. The molecule has 4 aromatic rings. The van der Waals surface area contributed by atoms with Crippen molar-refractivity contribution in [3.8, 4) is 16.9 Å². The van der Waals surface area contributed by atoms with Crippen molar-refractivity contribution >= 4 is 28.8 Å². The normalized spacial score (nSPS) is 13.1. The highest BCUT2D eigenvalue weighted by molar-refractivity contribution is 8.00. The Labute approximate surface area is 270 Å². The van der Waals surface area contributed by atoms with Crippen LogP contribution in [0, 0.1) is 5.41 Å². The summed E-state index contributed by atoms with van der Waals surface area (Å²) in [6.45, 7) is 7.06. The molecule has 0 bridgehead atoms. The number of hydrogen-bond acceptors (Lipinski definition) is 6. The van der Waals surface area contributed by atoms with Crippen molar-refractivity contribution in [1.29, 1.82) is 5.41 Å². The molecule has 0 spiro atoms. The molecule has 0 aliphatic heterocycles. The van der Waals surface area contributed by atoms with Gasteiger partial charge in [0.2, 0.25) is 0 Å². The second kappa shape index (κ2) is 16.0. The van der Waals surface area contributed by atoms with Gasteiger partial charge in [-0.2, -0.15) is 18.2 Å². The molecule has 0 saturated carbocycles. The number of aryl methyl sites for hydroxylation is 1. The minimum Gasteiger partial charge on any atom is -0.370 e. The number of aromatic amines is 1. The lowest BCUT2D eigenvalue weighted by molar-refractivity contribution is -0.0328. The molecule has 2 aromatic carbocycles. The minimum absolute atomic E-state index is 0.0126. The van der Waals surface area contributed by atoms with E-state index in [9.17, 15) is 18.0 Å². The molecular weight excluding hydrogens is 613 g/mol. The maximum atomic E-state index is 13.3. The third-order valence-corrected chi connectivity index (χ3v) is 8.14. The van der Waals surface area contributed by atoms with Crippen LogP contribution in [0.5, 0.6) is 0 Å². The number of benzene rings is 2. The van der Waals surface area contributed by atoms with Crippen molar-refractivity contribution < 1.29 is 13.2 Å². The molecule has 246 valence electrons. The van der Waals surface area contributed by atoms with E-state index in [0.29, 0.717) is 40.9 Å². The van der Waals surface area contributed by atoms with E-state index in [1.807, 2.05) is 43.3 Å². The Hall–Kier alpha value is -4.07. The average Bonchev–Trinajstić information content (AvgIpc) is 3.40. The van der Waals surface area contributed by atoms with Crippen molar-refractivity contribution in [3.05, 3.63) is 89.0 Å². The summed E-state index contributed by atoms with van der Waals surface area (Å²) in [5, 5.41) is 14.3. The van der Waals surface area contributed by atoms with Crippen LogP contribution < -0.4 is 27.8 Å². The molecule has 0 saturated heterocycles. The summed E-state index contributed by atoms with van der Waals surface area (Å²) in [4.78, 5) is 20.5. The van der Waals surface area contributed by atoms with Crippen LogP contribution >= 0.6 is 11.8 Å². The Morgan fingerprint density at radius 3 is 2.59 bits per heavy atom. The first-order valence-electron chi connectivity index (χ1n) is 15.2. The van der Waals surface area contributed by atoms with Crippen LogP contribution in [0.4, 0.5) is 13.2 Å². The van der Waals surface area contributed by atoms with E-state index in [4.69, 9.17) is 16.9 Å². The summed E-state index contributed by atoms with van der Waals surface area (Å²) >= 11 is -0.146. The molecule has 0 aliphatic carbocycles. The highest BCUT2D eigenvalue weighted by Crippen LogP contribution is 2.39. The fourth-order valence-corrected chi connectivity index (χ4v) is 5.91. The van der Waals surface area contributed by atoms with E-state index in [1.165, 1.54) is 10.6 Å². The molecule has 46 heavy (non-hydrogen) atoms. The van der Waals surface area contributed by atoms with E-state index in [2.05, 4.69) is 27.2 Å². The number of hydrogen-bond donors (Lipinski definition) is 6. The number of halogens is 3. The van der Waals surface area contributed by atoms with Gasteiger partial charge in [-0.1, -0.05) is 18.2 Å². The first-order chi connectivity index (χ1) is 21.9. The molecule has 2 heterocycles. The van der Waals surface area contributed by atoms with Crippen LogP contribution in [0.3, 0.4) is 0 Å². The van der Waals surface area contributed by atoms with Gasteiger partial charge in [0.1, 0.15) is 5.65 Å². The standard InChI is InChI=1S/C33H41F3N8OS/c1-3-4-9-28(40-14-6-15-41-31(38)39)23-10-12-26(13-11-23)44-20-25-19-29(42-30(25)43-32(44)45)24-16-22(8-5-7-21(2)37)17-27(18-24)46-33(34,35)36/h3,10-13,16-21,28,40H,1,4-9,14-15,37H2,2H3,(H4,38,39,41)(H,42,43,45)/t21-,28-/m0/s1. The van der Waals surface area contributed by atoms with Crippen molar-refractivity contribution in [2.75, 3.05) is 13.1 Å². The van der Waals surface area contributed by atoms with Gasteiger partial charge in [0.25, 0.3) is 0 Å². The van der Waals surface area contributed by atoms with E-state index >= 15 is 0 Å². The lowest BCUT2D eigenvalue weighted by Crippen LogP contribution is -2.33. The molecule has 8 N–H and O–H groups in total. The number of nitrogens with two attached hydrogens (primary N) is 2. The predicted molar refractivity (Wildman–Crippen MR) is 180 cm³/mol. The van der Waals surface area contributed by atoms with Crippen LogP contribution in [0.2, 0.25) is 0 Å². The van der Waals surface area contributed by atoms with Crippen LogP contribution in [-0.2, 0) is 6.42 Å². The van der Waals surface area contributed by atoms with Crippen LogP contribution in [-0.4, -0.2) is 45.1 Å². The van der Waals surface area contributed by atoms with Crippen LogP contribution in [0.15, 0.2) is 77.1 Å². The number of thioether (sulfide) groups is 1. The highest BCUT2D eigenvalue weighted by atomic mass is 32.2. The summed E-state index contributed by atoms with van der Waals surface area (Å²) in [6, 6.07) is 14.5. The second-order valence-electron chi connectivity index (χ2n) is 11.3. The van der Waals surface area contributed by atoms with E-state index in [1.54, 1.807) is 18.3 Å². The minimum atomic E-state index is -4.42. The third-order valence-electron chi connectivity index (χ3n) is 7.44. The molecule has 2 aromatic heterocycles. The Bertz CT molecular complexity index is 1680. The fraction of sp³-hybridized carbons (Fsp3) is 0.364. The van der Waals surface area contributed by atoms with Crippen LogP contribution in [0.25, 0.3) is 28.0 Å². The number of alkyl halides is 3. The number of nitrogens with zero attached hydrogens (tertiary/aromatic N) is 2. The predicted octanol–water partition coefficient (Wildman–Crippen LogP) is 6.13. The number of aromatic nitrogens is 3. The summed E-state index contributed by atoms with van der Waals surface area (Å²) in [6.07, 6.45) is 8.15. The maximum Gasteiger partial charge on any atom is 0.446 e. The number of rotatable bonds is 16. The van der Waals surface area contributed by atoms with Gasteiger partial charge in [-0.25, -0.2) is 4.79 Å². The maximum absolute atomic E-state index is 13.3. The summed E-state index contributed by atoms with van der Waals surface area (Å²) in [5.41, 5.74) is 10.3. The summed E-state index contributed by atoms with van der Waals surface area (Å²) in [7, 11) is 0. The van der Waals surface area contributed by atoms with E-state index in [0.717, 1.165) is 49.8 Å². The third kappa shape index (κ3) is 10.2. The Balaban J connectivity index is 1.58. The van der Waals surface area contributed by atoms with Crippen molar-refractivity contribution in [2.24, 2.45) is 11.5 Å². The van der Waals surface area contributed by atoms with Gasteiger partial charge in [-0.15, -0.1) is 6.58 Å². The van der Waals surface area contributed by atoms with Gasteiger partial charge < -0.3 is 27.1 Å². The molecule has 4 rings (SSSR count). The lowest BCUT2D eigenvalue weighted by atomic mass is 10.0. The molecule has 13 heteroatoms. The SMILES string of the molecule is C=CCC[C@H](NCCCNC(=N)N)c1ccc(-n2cc3cc(-c4cc(CCC[C@H](C)N)cc(SC(F)(F)F)c4)[nH]c3nc2=O)cc1. The van der Waals surface area contributed by atoms with E-state index in [-0.39, 0.29) is 34.7 Å². The van der Waals surface area contributed by atoms with Crippen molar-refractivity contribution in [3.63, 3.8) is 0 Å². The Kier molecular flexibility index (Phi) is 12.1. The molecule has 0 amide bonds. The molecule has 0 aliphatic rings. The van der Waals surface area contributed by atoms with Gasteiger partial charge in [-0.3, -0.25) is 9.98 Å². The smallest absolute Gasteiger partial charge is 0.370 e. The Morgan fingerprint density at radius 1 is 1.15 bits per heavy atom. The summed E-state index contributed by atoms with van der Waals surface area (Å²) in [5.74, 6) is -0.0512. The second-order valence-corrected chi connectivity index (χ2v) is 12.5. The summed E-state index contributed by atoms with van der Waals surface area (Å²) < 4.78 is 41.3. The van der Waals surface area contributed by atoms with Crippen molar-refractivity contribution in [1.82, 2.24) is 25.2 Å². The van der Waals surface area contributed by atoms with Gasteiger partial charge in [0, 0.05) is 40.8 Å². The number of allylic oxidation sites excluding steroid dienone is 1. The van der Waals surface area contributed by atoms with Crippen molar-refractivity contribution in [2.45, 2.75) is 67.9 Å². The zero-order chi connectivity index (χ0) is 33.3. The fourth-order valence-electron chi connectivity index (χ4n) is 5.24. The van der Waals surface area contributed by atoms with Gasteiger partial charge in [0.05, 0.1) is 5.69 Å². The number of nitrogens with one attached hydrogen (secondary N) is 4. The monoisotopic (exact) mass is 654 g/mol. The quantitative estimate of drug-likeness (QED) is 0.0280. The number of H-pyrrole nitrogens is 1. The van der Waals surface area contributed by atoms with Crippen LogP contribution in [0.1, 0.15) is 56.2 Å². The average molecular weight is 655 g/mol. The molecule has 0 radical (unpaired) electrons. The zero-order valence-electron chi connectivity index (χ0n) is 25.8. The lowest BCUT2D eigenvalue weighted by Gasteiger charge is -2.19. The van der Waals surface area contributed by atoms with Gasteiger partial charge in [0.15, 0.2) is 5.96 Å². The van der Waals surface area contributed by atoms with E-state index < -0.39 is 11.2 Å². The molecular formula is C33H41F3N8OS. The number of guanidine groups is 1. The highest BCUT2D eigenvalue weighted by Gasteiger charge is 2.29. The number of fused-ring (bicyclic) bond motifs is 1. The zero-order valence-corrected chi connectivity index (χ0v) is 26.6. The van der Waals surface area contributed by atoms with Gasteiger partial charge in [-0.05, 0) is 117 Å². The van der Waals surface area contributed by atoms with Gasteiger partial charge >= 0.3 is 11.2 Å². The Morgan fingerprint density at radius 2 is 1.91 bits per heavy atom. The largest absolute Gasteiger partial charge is 0.446 e. The first kappa shape index (κ1) is 34.8.